The van der Waals surface area contributed by atoms with Crippen molar-refractivity contribution in [3.63, 3.8) is 0 Å². The molecule has 32 heavy (non-hydrogen) atoms. The third kappa shape index (κ3) is 2.21. The van der Waals surface area contributed by atoms with Crippen LogP contribution in [0.4, 0.5) is 11.4 Å². The maximum atomic E-state index is 13.9. The van der Waals surface area contributed by atoms with Gasteiger partial charge in [0, 0.05) is 0 Å². The van der Waals surface area contributed by atoms with Crippen LogP contribution in [0.15, 0.2) is 72.8 Å². The normalized spacial score (nSPS) is 29.6. The fraction of sp³-hybridized carbons (Fsp3) is 0.167. The average molecular weight is 555 g/mol. The smallest absolute Gasteiger partial charge is 0.239 e. The van der Waals surface area contributed by atoms with Crippen LogP contribution >= 0.6 is 31.9 Å². The molecule has 1 fully saturated rings. The molecule has 6 nitrogen and oxygen atoms in total. The van der Waals surface area contributed by atoms with E-state index in [2.05, 4.69) is 31.9 Å². The maximum absolute atomic E-state index is 13.9. The Morgan fingerprint density at radius 3 is 1.47 bits per heavy atom. The molecule has 2 atom stereocenters. The van der Waals surface area contributed by atoms with Gasteiger partial charge in [0.25, 0.3) is 0 Å². The molecule has 7 rings (SSSR count). The molecule has 0 radical (unpaired) electrons. The summed E-state index contributed by atoms with van der Waals surface area (Å²) in [5.74, 6) is -1.93. The van der Waals surface area contributed by atoms with Crippen molar-refractivity contribution < 1.29 is 14.8 Å². The van der Waals surface area contributed by atoms with Gasteiger partial charge >= 0.3 is 0 Å². The Morgan fingerprint density at radius 2 is 1.12 bits per heavy atom. The summed E-state index contributed by atoms with van der Waals surface area (Å²) in [7, 11) is 0. The molecule has 0 unspecified atom stereocenters. The number of hydrogen-bond donors (Lipinski definition) is 1. The third-order valence-electron chi connectivity index (χ3n) is 6.91. The van der Waals surface area contributed by atoms with Gasteiger partial charge in [0.2, 0.25) is 11.8 Å². The highest BCUT2D eigenvalue weighted by molar-refractivity contribution is 9.10. The molecule has 1 heterocycles. The van der Waals surface area contributed by atoms with E-state index in [0.29, 0.717) is 5.69 Å². The van der Waals surface area contributed by atoms with Gasteiger partial charge in [-0.2, -0.15) is 0 Å². The van der Waals surface area contributed by atoms with Crippen molar-refractivity contribution in [2.75, 3.05) is 10.1 Å². The minimum absolute atomic E-state index is 0.0130. The molecule has 1 aliphatic heterocycles. The summed E-state index contributed by atoms with van der Waals surface area (Å²) in [5, 5.41) is 20.0. The molecule has 4 aliphatic rings. The van der Waals surface area contributed by atoms with Gasteiger partial charge in [-0.3, -0.25) is 14.8 Å². The van der Waals surface area contributed by atoms with E-state index in [4.69, 9.17) is 5.21 Å². The second-order valence-corrected chi connectivity index (χ2v) is 10.8. The number of alkyl halides is 2. The molecule has 0 spiro atoms. The van der Waals surface area contributed by atoms with E-state index in [1.165, 1.54) is 29.2 Å². The number of carbonyl (C=O) groups excluding carboxylic acids is 2. The van der Waals surface area contributed by atoms with E-state index < -0.39 is 20.5 Å². The van der Waals surface area contributed by atoms with E-state index in [9.17, 15) is 14.8 Å². The Kier molecular flexibility index (Phi) is 4.09. The van der Waals surface area contributed by atoms with Crippen molar-refractivity contribution in [2.24, 2.45) is 11.8 Å². The monoisotopic (exact) mass is 553 g/mol. The number of amides is 2. The van der Waals surface area contributed by atoms with Gasteiger partial charge in [-0.25, -0.2) is 4.90 Å². The summed E-state index contributed by atoms with van der Waals surface area (Å²) in [6, 6.07) is 21.5. The van der Waals surface area contributed by atoms with E-state index in [1.807, 2.05) is 48.5 Å². The summed E-state index contributed by atoms with van der Waals surface area (Å²) < 4.78 is -1.70. The highest BCUT2D eigenvalue weighted by atomic mass is 79.9. The standard InChI is InChI=1S/C24H15Br2N2O4/c25-23-15-5-1-2-6-16(15)24(26,18-8-4-3-7-17(18)23)20-19(23)21(29)27(22(20)30)13-9-11-14(12-10-13)28(31)32/h1-12,19-20,31H/q-1/t19-,20+,23?,24?. The van der Waals surface area contributed by atoms with Crippen LogP contribution in [0.25, 0.3) is 0 Å². The highest BCUT2D eigenvalue weighted by Gasteiger charge is 2.72. The lowest BCUT2D eigenvalue weighted by atomic mass is 9.54. The first-order valence-corrected chi connectivity index (χ1v) is 11.6. The molecule has 8 heteroatoms. The van der Waals surface area contributed by atoms with Crippen LogP contribution in [0.2, 0.25) is 0 Å². The number of carbonyl (C=O) groups is 2. The summed E-state index contributed by atoms with van der Waals surface area (Å²) in [4.78, 5) is 28.9. The Hall–Kier alpha value is -2.52. The van der Waals surface area contributed by atoms with E-state index >= 15 is 0 Å². The zero-order valence-electron chi connectivity index (χ0n) is 16.4. The molecule has 0 saturated carbocycles. The Morgan fingerprint density at radius 1 is 0.750 bits per heavy atom. The topological polar surface area (TPSA) is 83.9 Å². The van der Waals surface area contributed by atoms with Crippen LogP contribution in [0.3, 0.4) is 0 Å². The Bertz CT molecular complexity index is 1190. The van der Waals surface area contributed by atoms with Crippen molar-refractivity contribution in [3.05, 3.63) is 100 Å². The quantitative estimate of drug-likeness (QED) is 0.280. The molecule has 3 aromatic carbocycles. The highest BCUT2D eigenvalue weighted by Crippen LogP contribution is 2.70. The first-order chi connectivity index (χ1) is 15.3. The second kappa shape index (κ2) is 6.51. The van der Waals surface area contributed by atoms with Crippen LogP contribution in [0, 0.1) is 17.0 Å². The van der Waals surface area contributed by atoms with Gasteiger partial charge in [-0.15, -0.1) is 0 Å². The number of anilines is 2. The molecule has 0 aromatic heterocycles. The summed E-state index contributed by atoms with van der Waals surface area (Å²) in [5.41, 5.74) is 4.25. The maximum Gasteiger partial charge on any atom is 0.239 e. The number of halogens is 2. The van der Waals surface area contributed by atoms with Crippen molar-refractivity contribution in [1.29, 1.82) is 0 Å². The van der Waals surface area contributed by atoms with E-state index in [-0.39, 0.29) is 22.7 Å². The predicted molar refractivity (Wildman–Crippen MR) is 126 cm³/mol. The zero-order valence-corrected chi connectivity index (χ0v) is 19.6. The number of hydrogen-bond acceptors (Lipinski definition) is 5. The molecular formula is C24H15Br2N2O4-. The van der Waals surface area contributed by atoms with Crippen LogP contribution in [-0.2, 0) is 18.2 Å². The lowest BCUT2D eigenvalue weighted by Crippen LogP contribution is -2.56. The predicted octanol–water partition coefficient (Wildman–Crippen LogP) is 4.79. The van der Waals surface area contributed by atoms with Crippen molar-refractivity contribution in [2.45, 2.75) is 8.65 Å². The minimum atomic E-state index is -0.848. The Labute approximate surface area is 200 Å². The van der Waals surface area contributed by atoms with E-state index in [1.54, 1.807) is 0 Å². The van der Waals surface area contributed by atoms with Gasteiger partial charge < -0.3 is 10.4 Å². The Balaban J connectivity index is 1.59. The zero-order chi connectivity index (χ0) is 22.4. The van der Waals surface area contributed by atoms with Crippen molar-refractivity contribution in [1.82, 2.24) is 0 Å². The summed E-state index contributed by atoms with van der Waals surface area (Å²) in [6.07, 6.45) is 0. The first kappa shape index (κ1) is 20.1. The molecule has 160 valence electrons. The van der Waals surface area contributed by atoms with Crippen LogP contribution in [0.5, 0.6) is 0 Å². The molecule has 2 bridgehead atoms. The number of nitrogens with zero attached hydrogens (tertiary/aromatic N) is 2. The summed E-state index contributed by atoms with van der Waals surface area (Å²) in [6.45, 7) is 0. The van der Waals surface area contributed by atoms with Gasteiger partial charge in [0.15, 0.2) is 0 Å². The number of rotatable bonds is 2. The van der Waals surface area contributed by atoms with Gasteiger partial charge in [-0.05, 0) is 46.5 Å². The molecule has 1 saturated heterocycles. The molecule has 2 amide bonds. The van der Waals surface area contributed by atoms with Crippen LogP contribution < -0.4 is 10.1 Å². The fourth-order valence-corrected chi connectivity index (χ4v) is 7.95. The van der Waals surface area contributed by atoms with Crippen molar-refractivity contribution >= 4 is 55.0 Å². The molecule has 3 aromatic rings. The molecule has 1 N–H and O–H groups in total. The first-order valence-electron chi connectivity index (χ1n) is 10.0. The largest absolute Gasteiger partial charge is 0.733 e. The fourth-order valence-electron chi connectivity index (χ4n) is 5.65. The van der Waals surface area contributed by atoms with Crippen molar-refractivity contribution in [3.8, 4) is 0 Å². The van der Waals surface area contributed by atoms with Crippen LogP contribution in [0.1, 0.15) is 22.3 Å². The van der Waals surface area contributed by atoms with E-state index in [0.717, 1.165) is 22.3 Å². The molecule has 3 aliphatic carbocycles. The average Bonchev–Trinajstić information content (AvgIpc) is 3.08. The lowest BCUT2D eigenvalue weighted by molar-refractivity contribution is -0.122. The summed E-state index contributed by atoms with van der Waals surface area (Å²) >= 11 is 7.92. The number of imide groups is 1. The SMILES string of the molecule is O=C1[C@@H]2[C@H](C(=O)N1c1ccc(N([O-])O)cc1)C1(Br)c3ccccc3C2(Br)c2ccccc21. The van der Waals surface area contributed by atoms with Gasteiger partial charge in [0.1, 0.15) is 0 Å². The second-order valence-electron chi connectivity index (χ2n) is 8.27. The third-order valence-corrected chi connectivity index (χ3v) is 9.61. The van der Waals surface area contributed by atoms with Crippen LogP contribution in [-0.4, -0.2) is 17.0 Å². The minimum Gasteiger partial charge on any atom is -0.733 e. The van der Waals surface area contributed by atoms with Gasteiger partial charge in [0.05, 0.1) is 31.9 Å². The lowest BCUT2D eigenvalue weighted by Gasteiger charge is -2.55. The van der Waals surface area contributed by atoms with Gasteiger partial charge in [-0.1, -0.05) is 80.4 Å². The number of benzene rings is 3. The molecular weight excluding hydrogens is 540 g/mol.